The number of alkyl halides is 3. The number of fused-ring (bicyclic) bond motifs is 1. The molecule has 1 aromatic rings. The Morgan fingerprint density at radius 2 is 1.96 bits per heavy atom. The molecular formula is C15H18F3NO4. The Labute approximate surface area is 131 Å². The summed E-state index contributed by atoms with van der Waals surface area (Å²) >= 11 is 0. The Bertz CT molecular complexity index is 548. The third-order valence-electron chi connectivity index (χ3n) is 3.18. The van der Waals surface area contributed by atoms with Gasteiger partial charge in [0, 0.05) is 13.6 Å². The Morgan fingerprint density at radius 3 is 2.65 bits per heavy atom. The molecular weight excluding hydrogens is 315 g/mol. The molecule has 0 spiro atoms. The average molecular weight is 333 g/mol. The lowest BCUT2D eigenvalue weighted by Gasteiger charge is -2.21. The maximum atomic E-state index is 11.9. The van der Waals surface area contributed by atoms with Crippen LogP contribution in [0, 0.1) is 0 Å². The Hall–Kier alpha value is -1.96. The first-order chi connectivity index (χ1) is 10.8. The summed E-state index contributed by atoms with van der Waals surface area (Å²) in [6, 6.07) is 5.38. The highest BCUT2D eigenvalue weighted by molar-refractivity contribution is 5.76. The predicted octanol–water partition coefficient (Wildman–Crippen LogP) is 2.39. The number of benzene rings is 1. The predicted molar refractivity (Wildman–Crippen MR) is 75.4 cm³/mol. The standard InChI is InChI=1S/C15H18F3NO4/c1-19(14(20)4-5-21-10-15(16,17)18)9-11-2-3-12-13(8-11)23-7-6-22-12/h2-3,8H,4-7,9-10H2,1H3. The molecule has 0 N–H and O–H groups in total. The van der Waals surface area contributed by atoms with Gasteiger partial charge >= 0.3 is 6.18 Å². The molecule has 0 radical (unpaired) electrons. The minimum atomic E-state index is -4.37. The number of hydrogen-bond acceptors (Lipinski definition) is 4. The lowest BCUT2D eigenvalue weighted by molar-refractivity contribution is -0.175. The van der Waals surface area contributed by atoms with Crippen molar-refractivity contribution in [3.05, 3.63) is 23.8 Å². The molecule has 1 aliphatic heterocycles. The Balaban J connectivity index is 1.79. The SMILES string of the molecule is CN(Cc1ccc2c(c1)OCCO2)C(=O)CCOCC(F)(F)F. The molecule has 1 amide bonds. The summed E-state index contributed by atoms with van der Waals surface area (Å²) in [6.07, 6.45) is -4.47. The summed E-state index contributed by atoms with van der Waals surface area (Å²) in [5.41, 5.74) is 0.848. The normalized spacial score (nSPS) is 13.7. The van der Waals surface area contributed by atoms with Crippen LogP contribution in [0.5, 0.6) is 11.5 Å². The number of amides is 1. The van der Waals surface area contributed by atoms with Gasteiger partial charge in [0.15, 0.2) is 11.5 Å². The van der Waals surface area contributed by atoms with Crippen molar-refractivity contribution in [3.63, 3.8) is 0 Å². The largest absolute Gasteiger partial charge is 0.486 e. The van der Waals surface area contributed by atoms with Crippen molar-refractivity contribution in [2.75, 3.05) is 33.5 Å². The third kappa shape index (κ3) is 5.63. The van der Waals surface area contributed by atoms with Crippen molar-refractivity contribution in [1.29, 1.82) is 0 Å². The molecule has 128 valence electrons. The van der Waals surface area contributed by atoms with Crippen LogP contribution in [0.1, 0.15) is 12.0 Å². The third-order valence-corrected chi connectivity index (χ3v) is 3.18. The van der Waals surface area contributed by atoms with Crippen molar-refractivity contribution >= 4 is 5.91 Å². The van der Waals surface area contributed by atoms with Gasteiger partial charge in [0.05, 0.1) is 13.0 Å². The van der Waals surface area contributed by atoms with E-state index in [9.17, 15) is 18.0 Å². The van der Waals surface area contributed by atoms with Crippen molar-refractivity contribution in [2.45, 2.75) is 19.1 Å². The molecule has 8 heteroatoms. The zero-order chi connectivity index (χ0) is 16.9. The maximum Gasteiger partial charge on any atom is 0.411 e. The molecule has 0 atom stereocenters. The average Bonchev–Trinajstić information content (AvgIpc) is 2.50. The van der Waals surface area contributed by atoms with Crippen LogP contribution in [0.2, 0.25) is 0 Å². The van der Waals surface area contributed by atoms with Gasteiger partial charge in [-0.25, -0.2) is 0 Å². The highest BCUT2D eigenvalue weighted by Crippen LogP contribution is 2.31. The van der Waals surface area contributed by atoms with E-state index in [1.54, 1.807) is 19.2 Å². The van der Waals surface area contributed by atoms with Gasteiger partial charge in [-0.1, -0.05) is 6.07 Å². The summed E-state index contributed by atoms with van der Waals surface area (Å²) in [5, 5.41) is 0. The fourth-order valence-corrected chi connectivity index (χ4v) is 2.09. The van der Waals surface area contributed by atoms with E-state index in [1.807, 2.05) is 6.07 Å². The van der Waals surface area contributed by atoms with Crippen LogP contribution in [0.3, 0.4) is 0 Å². The van der Waals surface area contributed by atoms with Gasteiger partial charge in [0.2, 0.25) is 5.91 Å². The molecule has 5 nitrogen and oxygen atoms in total. The van der Waals surface area contributed by atoms with Gasteiger partial charge in [-0.3, -0.25) is 4.79 Å². The summed E-state index contributed by atoms with van der Waals surface area (Å²) in [4.78, 5) is 13.3. The molecule has 2 rings (SSSR count). The van der Waals surface area contributed by atoms with E-state index in [1.165, 1.54) is 4.90 Å². The number of ether oxygens (including phenoxy) is 3. The number of carbonyl (C=O) groups excluding carboxylic acids is 1. The van der Waals surface area contributed by atoms with Crippen molar-refractivity contribution in [3.8, 4) is 11.5 Å². The molecule has 0 aromatic heterocycles. The lowest BCUT2D eigenvalue weighted by Crippen LogP contribution is -2.28. The summed E-state index contributed by atoms with van der Waals surface area (Å²) in [7, 11) is 1.59. The molecule has 23 heavy (non-hydrogen) atoms. The first kappa shape index (κ1) is 17.4. The first-order valence-electron chi connectivity index (χ1n) is 7.12. The lowest BCUT2D eigenvalue weighted by atomic mass is 10.2. The maximum absolute atomic E-state index is 11.9. The van der Waals surface area contributed by atoms with Gasteiger partial charge in [-0.05, 0) is 17.7 Å². The van der Waals surface area contributed by atoms with E-state index >= 15 is 0 Å². The highest BCUT2D eigenvalue weighted by Gasteiger charge is 2.27. The monoisotopic (exact) mass is 333 g/mol. The van der Waals surface area contributed by atoms with E-state index in [0.717, 1.165) is 5.56 Å². The zero-order valence-corrected chi connectivity index (χ0v) is 12.7. The molecule has 1 aromatic carbocycles. The quantitative estimate of drug-likeness (QED) is 0.750. The summed E-state index contributed by atoms with van der Waals surface area (Å²) < 4.78 is 51.1. The van der Waals surface area contributed by atoms with Gasteiger partial charge in [0.1, 0.15) is 19.8 Å². The number of hydrogen-bond donors (Lipinski definition) is 0. The van der Waals surface area contributed by atoms with E-state index in [2.05, 4.69) is 4.74 Å². The second-order valence-electron chi connectivity index (χ2n) is 5.15. The molecule has 0 unspecified atom stereocenters. The minimum absolute atomic E-state index is 0.100. The fourth-order valence-electron chi connectivity index (χ4n) is 2.09. The molecule has 1 heterocycles. The van der Waals surface area contributed by atoms with Gasteiger partial charge in [-0.2, -0.15) is 13.2 Å². The summed E-state index contributed by atoms with van der Waals surface area (Å²) in [6.45, 7) is -0.296. The number of carbonyl (C=O) groups is 1. The molecule has 0 fully saturated rings. The van der Waals surface area contributed by atoms with Crippen LogP contribution in [0.15, 0.2) is 18.2 Å². The Morgan fingerprint density at radius 1 is 1.26 bits per heavy atom. The minimum Gasteiger partial charge on any atom is -0.486 e. The molecule has 0 saturated carbocycles. The highest BCUT2D eigenvalue weighted by atomic mass is 19.4. The topological polar surface area (TPSA) is 48.0 Å². The second-order valence-corrected chi connectivity index (χ2v) is 5.15. The number of halogens is 3. The number of rotatable bonds is 6. The van der Waals surface area contributed by atoms with Crippen molar-refractivity contribution in [2.24, 2.45) is 0 Å². The van der Waals surface area contributed by atoms with Gasteiger partial charge < -0.3 is 19.1 Å². The van der Waals surface area contributed by atoms with Crippen LogP contribution in [-0.4, -0.2) is 50.5 Å². The fraction of sp³-hybridized carbons (Fsp3) is 0.533. The van der Waals surface area contributed by atoms with E-state index in [0.29, 0.717) is 31.3 Å². The van der Waals surface area contributed by atoms with Crippen LogP contribution in [0.4, 0.5) is 13.2 Å². The van der Waals surface area contributed by atoms with E-state index < -0.39 is 12.8 Å². The van der Waals surface area contributed by atoms with Crippen LogP contribution in [-0.2, 0) is 16.1 Å². The van der Waals surface area contributed by atoms with E-state index in [4.69, 9.17) is 9.47 Å². The van der Waals surface area contributed by atoms with E-state index in [-0.39, 0.29) is 18.9 Å². The zero-order valence-electron chi connectivity index (χ0n) is 12.7. The number of nitrogens with zero attached hydrogens (tertiary/aromatic N) is 1. The van der Waals surface area contributed by atoms with Crippen LogP contribution >= 0.6 is 0 Å². The van der Waals surface area contributed by atoms with Crippen molar-refractivity contribution < 1.29 is 32.2 Å². The molecule has 0 aliphatic carbocycles. The smallest absolute Gasteiger partial charge is 0.411 e. The van der Waals surface area contributed by atoms with Crippen LogP contribution < -0.4 is 9.47 Å². The van der Waals surface area contributed by atoms with Gasteiger partial charge in [0.25, 0.3) is 0 Å². The van der Waals surface area contributed by atoms with Crippen LogP contribution in [0.25, 0.3) is 0 Å². The Kier molecular flexibility index (Phi) is 5.70. The summed E-state index contributed by atoms with van der Waals surface area (Å²) in [5.74, 6) is 1.000. The molecule has 1 aliphatic rings. The molecule has 0 saturated heterocycles. The van der Waals surface area contributed by atoms with Gasteiger partial charge in [-0.15, -0.1) is 0 Å². The second kappa shape index (κ2) is 7.54. The molecule has 0 bridgehead atoms. The first-order valence-corrected chi connectivity index (χ1v) is 7.12. The van der Waals surface area contributed by atoms with Crippen molar-refractivity contribution in [1.82, 2.24) is 4.90 Å².